The van der Waals surface area contributed by atoms with Crippen molar-refractivity contribution in [3.05, 3.63) is 30.6 Å². The monoisotopic (exact) mass is 231 g/mol. The molecule has 0 spiro atoms. The molecule has 0 saturated carbocycles. The molecule has 2 aromatic rings. The zero-order chi connectivity index (χ0) is 11.7. The number of fused-ring (bicyclic) bond motifs is 1. The van der Waals surface area contributed by atoms with Gasteiger partial charge in [0.2, 0.25) is 0 Å². The molecular weight excluding hydrogens is 214 g/mol. The minimum absolute atomic E-state index is 0.334. The van der Waals surface area contributed by atoms with Crippen molar-refractivity contribution in [1.82, 2.24) is 14.9 Å². The van der Waals surface area contributed by atoms with Gasteiger partial charge in [0, 0.05) is 12.6 Å². The van der Waals surface area contributed by atoms with Gasteiger partial charge >= 0.3 is 0 Å². The molecule has 3 rings (SSSR count). The zero-order valence-electron chi connectivity index (χ0n) is 9.97. The fourth-order valence-electron chi connectivity index (χ4n) is 2.58. The molecule has 0 aliphatic carbocycles. The lowest BCUT2D eigenvalue weighted by molar-refractivity contribution is 0.0404. The van der Waals surface area contributed by atoms with Gasteiger partial charge in [-0.1, -0.05) is 12.1 Å². The first-order valence-electron chi connectivity index (χ1n) is 6.07. The second kappa shape index (κ2) is 4.47. The zero-order valence-corrected chi connectivity index (χ0v) is 9.97. The summed E-state index contributed by atoms with van der Waals surface area (Å²) in [6, 6.07) is 9.03. The Balaban J connectivity index is 2.01. The fourth-order valence-corrected chi connectivity index (χ4v) is 2.58. The van der Waals surface area contributed by atoms with Crippen LogP contribution >= 0.6 is 0 Å². The second-order valence-electron chi connectivity index (χ2n) is 4.47. The Bertz CT molecular complexity index is 508. The van der Waals surface area contributed by atoms with Gasteiger partial charge in [-0.05, 0) is 25.6 Å². The van der Waals surface area contributed by atoms with Crippen LogP contribution in [0.2, 0.25) is 0 Å². The summed E-state index contributed by atoms with van der Waals surface area (Å²) in [4.78, 5) is 4.44. The quantitative estimate of drug-likeness (QED) is 0.853. The van der Waals surface area contributed by atoms with E-state index in [4.69, 9.17) is 4.74 Å². The molecule has 0 amide bonds. The lowest BCUT2D eigenvalue weighted by Gasteiger charge is -2.32. The van der Waals surface area contributed by atoms with E-state index in [9.17, 15) is 0 Å². The number of ether oxygens (including phenoxy) is 1. The van der Waals surface area contributed by atoms with Gasteiger partial charge in [0.1, 0.15) is 0 Å². The predicted octanol–water partition coefficient (Wildman–Crippen LogP) is 1.59. The maximum absolute atomic E-state index is 5.60. The second-order valence-corrected chi connectivity index (χ2v) is 4.47. The van der Waals surface area contributed by atoms with E-state index in [0.29, 0.717) is 12.1 Å². The highest BCUT2D eigenvalue weighted by Crippen LogP contribution is 2.24. The number of hydrogen-bond donors (Lipinski definition) is 1. The van der Waals surface area contributed by atoms with Crippen LogP contribution in [0.25, 0.3) is 11.0 Å². The molecule has 2 heterocycles. The number of rotatable bonds is 2. The van der Waals surface area contributed by atoms with Gasteiger partial charge in [0.05, 0.1) is 30.0 Å². The van der Waals surface area contributed by atoms with E-state index in [1.54, 1.807) is 0 Å². The molecule has 0 radical (unpaired) electrons. The summed E-state index contributed by atoms with van der Waals surface area (Å²) in [6.07, 6.45) is 2.97. The Hall–Kier alpha value is -1.39. The summed E-state index contributed by atoms with van der Waals surface area (Å²) < 4.78 is 7.83. The van der Waals surface area contributed by atoms with Crippen LogP contribution in [0.1, 0.15) is 12.5 Å². The van der Waals surface area contributed by atoms with Crippen LogP contribution in [-0.4, -0.2) is 35.9 Å². The third-order valence-electron chi connectivity index (χ3n) is 3.54. The number of hydrogen-bond acceptors (Lipinski definition) is 3. The Labute approximate surface area is 101 Å². The minimum atomic E-state index is 0.334. The van der Waals surface area contributed by atoms with Crippen molar-refractivity contribution in [3.8, 4) is 0 Å². The molecule has 2 unspecified atom stereocenters. The summed E-state index contributed by atoms with van der Waals surface area (Å²) >= 11 is 0. The van der Waals surface area contributed by atoms with Crippen molar-refractivity contribution in [1.29, 1.82) is 0 Å². The molecule has 4 heteroatoms. The summed E-state index contributed by atoms with van der Waals surface area (Å²) in [6.45, 7) is 1.60. The van der Waals surface area contributed by atoms with E-state index in [2.05, 4.69) is 27.0 Å². The summed E-state index contributed by atoms with van der Waals surface area (Å²) in [5.74, 6) is 0. The molecule has 1 aliphatic heterocycles. The van der Waals surface area contributed by atoms with E-state index < -0.39 is 0 Å². The van der Waals surface area contributed by atoms with Gasteiger partial charge in [0.15, 0.2) is 0 Å². The number of nitrogens with zero attached hydrogens (tertiary/aromatic N) is 2. The van der Waals surface area contributed by atoms with Gasteiger partial charge in [-0.2, -0.15) is 0 Å². The summed E-state index contributed by atoms with van der Waals surface area (Å²) in [5, 5.41) is 3.38. The molecule has 1 aliphatic rings. The molecule has 2 atom stereocenters. The molecule has 17 heavy (non-hydrogen) atoms. The highest BCUT2D eigenvalue weighted by atomic mass is 16.5. The third-order valence-corrected chi connectivity index (χ3v) is 3.54. The van der Waals surface area contributed by atoms with Crippen molar-refractivity contribution in [2.45, 2.75) is 18.5 Å². The number of benzene rings is 1. The maximum atomic E-state index is 5.60. The standard InChI is InChI=1S/C13H17N3O/c1-14-10-6-7-17-8-13(10)16-9-15-11-4-2-3-5-12(11)16/h2-5,9-10,13-14H,6-8H2,1H3. The molecule has 1 N–H and O–H groups in total. The SMILES string of the molecule is CNC1CCOCC1n1cnc2ccccc21. The average Bonchev–Trinajstić information content (AvgIpc) is 2.82. The molecule has 4 nitrogen and oxygen atoms in total. The van der Waals surface area contributed by atoms with Crippen LogP contribution in [0.4, 0.5) is 0 Å². The van der Waals surface area contributed by atoms with Crippen LogP contribution < -0.4 is 5.32 Å². The van der Waals surface area contributed by atoms with E-state index >= 15 is 0 Å². The largest absolute Gasteiger partial charge is 0.379 e. The first-order valence-corrected chi connectivity index (χ1v) is 6.07. The van der Waals surface area contributed by atoms with Gasteiger partial charge in [-0.25, -0.2) is 4.98 Å². The molecule has 90 valence electrons. The lowest BCUT2D eigenvalue weighted by Crippen LogP contribution is -2.42. The third kappa shape index (κ3) is 1.83. The highest BCUT2D eigenvalue weighted by molar-refractivity contribution is 5.75. The van der Waals surface area contributed by atoms with Crippen molar-refractivity contribution >= 4 is 11.0 Å². The fraction of sp³-hybridized carbons (Fsp3) is 0.462. The van der Waals surface area contributed by atoms with Gasteiger partial charge < -0.3 is 14.6 Å². The average molecular weight is 231 g/mol. The van der Waals surface area contributed by atoms with Crippen LogP contribution in [-0.2, 0) is 4.74 Å². The number of aromatic nitrogens is 2. The van der Waals surface area contributed by atoms with Crippen molar-refractivity contribution in [2.75, 3.05) is 20.3 Å². The minimum Gasteiger partial charge on any atom is -0.379 e. The van der Waals surface area contributed by atoms with E-state index in [-0.39, 0.29) is 0 Å². The number of likely N-dealkylation sites (N-methyl/N-ethyl adjacent to an activating group) is 1. The normalized spacial score (nSPS) is 25.2. The van der Waals surface area contributed by atoms with E-state index in [0.717, 1.165) is 25.2 Å². The van der Waals surface area contributed by atoms with Crippen LogP contribution in [0.5, 0.6) is 0 Å². The van der Waals surface area contributed by atoms with Gasteiger partial charge in [0.25, 0.3) is 0 Å². The first-order chi connectivity index (χ1) is 8.40. The Morgan fingerprint density at radius 3 is 3.18 bits per heavy atom. The lowest BCUT2D eigenvalue weighted by atomic mass is 10.0. The topological polar surface area (TPSA) is 39.1 Å². The van der Waals surface area contributed by atoms with Crippen LogP contribution in [0, 0.1) is 0 Å². The summed E-state index contributed by atoms with van der Waals surface area (Å²) in [7, 11) is 2.02. The van der Waals surface area contributed by atoms with Crippen molar-refractivity contribution in [3.63, 3.8) is 0 Å². The van der Waals surface area contributed by atoms with Crippen molar-refractivity contribution in [2.24, 2.45) is 0 Å². The highest BCUT2D eigenvalue weighted by Gasteiger charge is 2.26. The molecule has 0 bridgehead atoms. The number of para-hydroxylation sites is 2. The van der Waals surface area contributed by atoms with Crippen LogP contribution in [0.3, 0.4) is 0 Å². The Morgan fingerprint density at radius 2 is 2.29 bits per heavy atom. The predicted molar refractivity (Wildman–Crippen MR) is 67.1 cm³/mol. The number of imidazole rings is 1. The first kappa shape index (κ1) is 10.7. The molecule has 1 fully saturated rings. The van der Waals surface area contributed by atoms with Crippen LogP contribution in [0.15, 0.2) is 30.6 Å². The molecule has 1 aromatic heterocycles. The Morgan fingerprint density at radius 1 is 1.41 bits per heavy atom. The van der Waals surface area contributed by atoms with Crippen molar-refractivity contribution < 1.29 is 4.74 Å². The maximum Gasteiger partial charge on any atom is 0.0962 e. The van der Waals surface area contributed by atoms with Gasteiger partial charge in [-0.3, -0.25) is 0 Å². The molecule has 1 saturated heterocycles. The molecular formula is C13H17N3O. The van der Waals surface area contributed by atoms with E-state index in [1.165, 1.54) is 5.52 Å². The number of nitrogens with one attached hydrogen (secondary N) is 1. The summed E-state index contributed by atoms with van der Waals surface area (Å²) in [5.41, 5.74) is 2.23. The Kier molecular flexibility index (Phi) is 2.82. The van der Waals surface area contributed by atoms with Gasteiger partial charge in [-0.15, -0.1) is 0 Å². The van der Waals surface area contributed by atoms with E-state index in [1.807, 2.05) is 25.5 Å². The molecule has 1 aromatic carbocycles. The smallest absolute Gasteiger partial charge is 0.0962 e.